The lowest BCUT2D eigenvalue weighted by atomic mass is 9.56. The maximum Gasteiger partial charge on any atom is 0.208 e. The van der Waals surface area contributed by atoms with Crippen LogP contribution in [0, 0.1) is 11.8 Å². The molecule has 1 N–H and O–H groups in total. The Balaban J connectivity index is 1.67. The normalized spacial score (nSPS) is 30.8. The third-order valence-electron chi connectivity index (χ3n) is 7.17. The van der Waals surface area contributed by atoms with Crippen LogP contribution in [-0.2, 0) is 21.9 Å². The molecule has 2 fully saturated rings. The quantitative estimate of drug-likeness (QED) is 0.775. The molecule has 1 aliphatic heterocycles. The van der Waals surface area contributed by atoms with E-state index < -0.39 is 10.0 Å². The fraction of sp³-hybridized carbons (Fsp3) is 0.714. The molecule has 4 rings (SSSR count). The number of benzene rings is 1. The summed E-state index contributed by atoms with van der Waals surface area (Å²) in [6.45, 7) is 5.22. The van der Waals surface area contributed by atoms with Crippen molar-refractivity contribution >= 4 is 10.0 Å². The van der Waals surface area contributed by atoms with E-state index in [9.17, 15) is 8.42 Å². The van der Waals surface area contributed by atoms with Crippen molar-refractivity contribution in [3.05, 3.63) is 29.3 Å². The average Bonchev–Trinajstić information content (AvgIpc) is 3.42. The summed E-state index contributed by atoms with van der Waals surface area (Å²) in [6.07, 6.45) is 7.03. The molecule has 150 valence electrons. The van der Waals surface area contributed by atoms with E-state index in [1.165, 1.54) is 36.8 Å². The first-order valence-electron chi connectivity index (χ1n) is 10.2. The highest BCUT2D eigenvalue weighted by Gasteiger charge is 2.51. The third-order valence-corrected chi connectivity index (χ3v) is 7.90. The molecule has 2 aliphatic carbocycles. The molecule has 6 heteroatoms. The number of hydrogen-bond acceptors (Lipinski definition) is 4. The lowest BCUT2D eigenvalue weighted by molar-refractivity contribution is 0.0164. The molecule has 1 saturated heterocycles. The minimum atomic E-state index is -3.17. The molecule has 1 aromatic carbocycles. The first kappa shape index (κ1) is 19.2. The first-order chi connectivity index (χ1) is 12.8. The van der Waals surface area contributed by atoms with Gasteiger partial charge >= 0.3 is 0 Å². The van der Waals surface area contributed by atoms with Crippen LogP contribution in [-0.4, -0.2) is 52.4 Å². The van der Waals surface area contributed by atoms with Gasteiger partial charge in [0.15, 0.2) is 0 Å². The number of hydrogen-bond donors (Lipinski definition) is 1. The van der Waals surface area contributed by atoms with Gasteiger partial charge < -0.3 is 4.74 Å². The van der Waals surface area contributed by atoms with Crippen LogP contribution >= 0.6 is 0 Å². The second kappa shape index (κ2) is 7.05. The highest BCUT2D eigenvalue weighted by atomic mass is 32.2. The number of nitrogens with zero attached hydrogens (tertiary/aromatic N) is 1. The summed E-state index contributed by atoms with van der Waals surface area (Å²) >= 11 is 0. The van der Waals surface area contributed by atoms with Gasteiger partial charge in [0.1, 0.15) is 5.75 Å². The molecule has 1 aromatic rings. The van der Waals surface area contributed by atoms with Gasteiger partial charge in [-0.1, -0.05) is 13.0 Å². The second-order valence-corrected chi connectivity index (χ2v) is 10.7. The van der Waals surface area contributed by atoms with E-state index in [0.717, 1.165) is 37.5 Å². The summed E-state index contributed by atoms with van der Waals surface area (Å²) in [5, 5.41) is 0. The number of ether oxygens (including phenoxy) is 1. The van der Waals surface area contributed by atoms with Crippen LogP contribution in [0.4, 0.5) is 0 Å². The number of sulfonamides is 1. The van der Waals surface area contributed by atoms with Gasteiger partial charge in [-0.25, -0.2) is 13.1 Å². The van der Waals surface area contributed by atoms with Crippen molar-refractivity contribution in [2.75, 3.05) is 33.0 Å². The average molecular weight is 393 g/mol. The van der Waals surface area contributed by atoms with Gasteiger partial charge in [0.25, 0.3) is 0 Å². The molecule has 1 heterocycles. The van der Waals surface area contributed by atoms with Gasteiger partial charge in [-0.3, -0.25) is 4.90 Å². The number of nitrogens with one attached hydrogen (secondary N) is 1. The first-order valence-corrected chi connectivity index (χ1v) is 12.1. The Kier molecular flexibility index (Phi) is 5.02. The van der Waals surface area contributed by atoms with Crippen molar-refractivity contribution in [1.82, 2.24) is 9.62 Å². The van der Waals surface area contributed by atoms with Crippen LogP contribution in [0.3, 0.4) is 0 Å². The molecule has 5 nitrogen and oxygen atoms in total. The van der Waals surface area contributed by atoms with Crippen molar-refractivity contribution in [1.29, 1.82) is 0 Å². The Labute approximate surface area is 163 Å². The van der Waals surface area contributed by atoms with E-state index in [0.29, 0.717) is 18.5 Å². The van der Waals surface area contributed by atoms with Crippen LogP contribution in [0.1, 0.15) is 43.7 Å². The van der Waals surface area contributed by atoms with Crippen molar-refractivity contribution in [3.63, 3.8) is 0 Å². The van der Waals surface area contributed by atoms with E-state index in [-0.39, 0.29) is 5.41 Å². The highest BCUT2D eigenvalue weighted by molar-refractivity contribution is 7.88. The molecular weight excluding hydrogens is 360 g/mol. The van der Waals surface area contributed by atoms with Crippen molar-refractivity contribution in [2.45, 2.75) is 50.5 Å². The molecule has 3 atom stereocenters. The third kappa shape index (κ3) is 3.76. The summed E-state index contributed by atoms with van der Waals surface area (Å²) < 4.78 is 31.5. The predicted octanol–water partition coefficient (Wildman–Crippen LogP) is 2.55. The summed E-state index contributed by atoms with van der Waals surface area (Å²) in [4.78, 5) is 2.72. The van der Waals surface area contributed by atoms with Gasteiger partial charge in [0.2, 0.25) is 10.0 Å². The Morgan fingerprint density at radius 3 is 2.78 bits per heavy atom. The Hall–Kier alpha value is -1.11. The van der Waals surface area contributed by atoms with E-state index >= 15 is 0 Å². The summed E-state index contributed by atoms with van der Waals surface area (Å²) in [5.41, 5.74) is 2.82. The van der Waals surface area contributed by atoms with Crippen LogP contribution in [0.15, 0.2) is 18.2 Å². The SMILES string of the molecule is COc1ccc2c(c1)[C@@]1(CCNS(C)(=O)=O)CCN(CC3CC3)[C@H](C2)[C@@H]1C. The van der Waals surface area contributed by atoms with Gasteiger partial charge in [0.05, 0.1) is 13.4 Å². The van der Waals surface area contributed by atoms with Crippen LogP contribution < -0.4 is 9.46 Å². The maximum atomic E-state index is 11.6. The van der Waals surface area contributed by atoms with Crippen LogP contribution in [0.5, 0.6) is 5.75 Å². The van der Waals surface area contributed by atoms with Crippen LogP contribution in [0.25, 0.3) is 0 Å². The molecule has 0 spiro atoms. The Bertz CT molecular complexity index is 806. The zero-order valence-corrected chi connectivity index (χ0v) is 17.5. The fourth-order valence-corrected chi connectivity index (χ4v) is 5.93. The minimum absolute atomic E-state index is 0.0184. The number of methoxy groups -OCH3 is 1. The highest BCUT2D eigenvalue weighted by Crippen LogP contribution is 2.52. The van der Waals surface area contributed by atoms with Gasteiger partial charge in [0, 0.05) is 24.5 Å². The summed E-state index contributed by atoms with van der Waals surface area (Å²) in [7, 11) is -1.45. The summed E-state index contributed by atoms with van der Waals surface area (Å²) in [6, 6.07) is 7.06. The second-order valence-electron chi connectivity index (χ2n) is 8.84. The van der Waals surface area contributed by atoms with Gasteiger partial charge in [-0.2, -0.15) is 0 Å². The van der Waals surface area contributed by atoms with E-state index in [1.54, 1.807) is 7.11 Å². The molecule has 2 bridgehead atoms. The number of likely N-dealkylation sites (tertiary alicyclic amines) is 1. The zero-order valence-electron chi connectivity index (χ0n) is 16.7. The molecular formula is C21H32N2O3S. The van der Waals surface area contributed by atoms with Crippen LogP contribution in [0.2, 0.25) is 0 Å². The number of piperidine rings is 1. The molecule has 1 saturated carbocycles. The molecule has 0 amide bonds. The van der Waals surface area contributed by atoms with E-state index in [2.05, 4.69) is 34.7 Å². The van der Waals surface area contributed by atoms with Gasteiger partial charge in [-0.15, -0.1) is 0 Å². The number of rotatable bonds is 7. The maximum absolute atomic E-state index is 11.6. The lowest BCUT2D eigenvalue weighted by Crippen LogP contribution is -2.60. The van der Waals surface area contributed by atoms with Gasteiger partial charge in [-0.05, 0) is 73.7 Å². The predicted molar refractivity (Wildman–Crippen MR) is 108 cm³/mol. The topological polar surface area (TPSA) is 58.6 Å². The monoisotopic (exact) mass is 392 g/mol. The molecule has 27 heavy (non-hydrogen) atoms. The lowest BCUT2D eigenvalue weighted by Gasteiger charge is -2.56. The minimum Gasteiger partial charge on any atom is -0.497 e. The summed E-state index contributed by atoms with van der Waals surface area (Å²) in [5.74, 6) is 2.30. The Morgan fingerprint density at radius 1 is 1.33 bits per heavy atom. The van der Waals surface area contributed by atoms with Crippen molar-refractivity contribution in [3.8, 4) is 5.75 Å². The number of fused-ring (bicyclic) bond motifs is 4. The standard InChI is InChI=1S/C21H32N2O3S/c1-15-20-12-17-6-7-18(26-2)13-19(17)21(15,8-10-22-27(3,24)25)9-11-23(20)14-16-4-5-16/h6-7,13,15-16,20,22H,4-5,8-12,14H2,1-3H3/t15-,20+,21-/m0/s1. The van der Waals surface area contributed by atoms with Crippen molar-refractivity contribution < 1.29 is 13.2 Å². The molecule has 3 aliphatic rings. The largest absolute Gasteiger partial charge is 0.497 e. The van der Waals surface area contributed by atoms with E-state index in [1.807, 2.05) is 0 Å². The Morgan fingerprint density at radius 2 is 2.11 bits per heavy atom. The molecule has 0 unspecified atom stereocenters. The fourth-order valence-electron chi connectivity index (χ4n) is 5.46. The smallest absolute Gasteiger partial charge is 0.208 e. The molecule has 0 aromatic heterocycles. The van der Waals surface area contributed by atoms with E-state index in [4.69, 9.17) is 4.74 Å². The zero-order chi connectivity index (χ0) is 19.2. The molecule has 0 radical (unpaired) electrons. The van der Waals surface area contributed by atoms with Crippen molar-refractivity contribution in [2.24, 2.45) is 11.8 Å².